The monoisotopic (exact) mass is 521 g/mol. The van der Waals surface area contributed by atoms with Crippen LogP contribution in [-0.2, 0) is 16.1 Å². The molecule has 2 aromatic rings. The highest BCUT2D eigenvalue weighted by Gasteiger charge is 2.34. The standard InChI is InChI=1S/C21H19N3O5S4/c1-10(2)11(8-14-22(3)12-6-4-5-7-13(12)31-14)16-18(27)23(9-15(25)26)20(32-16)17-19(28)24(29)21(30)33-17/h4-8,10,29H,9H2,1-3H3,(H,25,26)/b14-8-,16-11-,20-17-. The van der Waals surface area contributed by atoms with Crippen molar-refractivity contribution in [3.63, 3.8) is 0 Å². The molecule has 1 aromatic heterocycles. The molecular formula is C21H19N3O5S4. The third-order valence-corrected chi connectivity index (χ3v) is 8.92. The second-order valence-electron chi connectivity index (χ2n) is 7.56. The smallest absolute Gasteiger partial charge is 0.323 e. The Labute approximate surface area is 206 Å². The van der Waals surface area contributed by atoms with Gasteiger partial charge in [-0.25, -0.2) is 0 Å². The SMILES string of the molecule is CC(C)C(/C=C1\Sc2ccccc2N1C)=c1\s/c(=C2\SC(=S)N(O)C2=O)n(CC(=O)O)c1=O. The summed E-state index contributed by atoms with van der Waals surface area (Å²) >= 11 is 8.44. The van der Waals surface area contributed by atoms with Crippen LogP contribution in [0.2, 0.25) is 0 Å². The van der Waals surface area contributed by atoms with Gasteiger partial charge in [0.1, 0.15) is 16.1 Å². The number of anilines is 1. The first-order valence-electron chi connectivity index (χ1n) is 9.77. The van der Waals surface area contributed by atoms with Gasteiger partial charge in [0.15, 0.2) is 4.32 Å². The molecule has 0 atom stereocenters. The van der Waals surface area contributed by atoms with Gasteiger partial charge in [0.25, 0.3) is 11.5 Å². The molecule has 0 spiro atoms. The molecular weight excluding hydrogens is 503 g/mol. The number of thiocarbonyl (C=S) groups is 1. The summed E-state index contributed by atoms with van der Waals surface area (Å²) < 4.78 is 1.50. The molecule has 2 aliphatic rings. The van der Waals surface area contributed by atoms with Crippen LogP contribution in [0.25, 0.3) is 10.5 Å². The molecule has 1 fully saturated rings. The number of hydroxylamine groups is 2. The molecule has 3 heterocycles. The number of fused-ring (bicyclic) bond motifs is 1. The van der Waals surface area contributed by atoms with Crippen LogP contribution in [0, 0.1) is 5.92 Å². The van der Waals surface area contributed by atoms with E-state index in [1.165, 1.54) is 0 Å². The number of amides is 1. The third-order valence-electron chi connectivity index (χ3n) is 5.05. The first-order valence-corrected chi connectivity index (χ1v) is 12.6. The number of thiazole rings is 1. The summed E-state index contributed by atoms with van der Waals surface area (Å²) in [6.45, 7) is 3.29. The Kier molecular flexibility index (Phi) is 6.56. The van der Waals surface area contributed by atoms with Crippen LogP contribution >= 0.6 is 47.1 Å². The molecule has 33 heavy (non-hydrogen) atoms. The summed E-state index contributed by atoms with van der Waals surface area (Å²) in [5.41, 5.74) is 1.30. The highest BCUT2D eigenvalue weighted by Crippen LogP contribution is 2.45. The minimum absolute atomic E-state index is 0.0348. The molecule has 172 valence electrons. The zero-order valence-electron chi connectivity index (χ0n) is 17.8. The number of carboxylic acids is 1. The van der Waals surface area contributed by atoms with Gasteiger partial charge in [-0.2, -0.15) is 5.06 Å². The number of nitrogens with zero attached hydrogens (tertiary/aromatic N) is 3. The maximum atomic E-state index is 13.4. The van der Waals surface area contributed by atoms with E-state index >= 15 is 0 Å². The number of carboxylic acid groups (broad SMARTS) is 1. The largest absolute Gasteiger partial charge is 0.480 e. The van der Waals surface area contributed by atoms with Crippen molar-refractivity contribution in [3.05, 3.63) is 54.9 Å². The zero-order valence-corrected chi connectivity index (χ0v) is 21.0. The number of hydrogen-bond donors (Lipinski definition) is 2. The number of allylic oxidation sites excluding steroid dienone is 1. The van der Waals surface area contributed by atoms with Crippen LogP contribution < -0.4 is 19.7 Å². The Morgan fingerprint density at radius 2 is 1.91 bits per heavy atom. The van der Waals surface area contributed by atoms with E-state index in [-0.39, 0.29) is 19.8 Å². The van der Waals surface area contributed by atoms with Crippen molar-refractivity contribution >= 4 is 79.4 Å². The lowest BCUT2D eigenvalue weighted by atomic mass is 10.0. The van der Waals surface area contributed by atoms with E-state index in [0.717, 1.165) is 48.9 Å². The van der Waals surface area contributed by atoms with Crippen LogP contribution in [-0.4, -0.2) is 43.2 Å². The van der Waals surface area contributed by atoms with Crippen molar-refractivity contribution in [2.24, 2.45) is 5.92 Å². The lowest BCUT2D eigenvalue weighted by molar-refractivity contribution is -0.140. The highest BCUT2D eigenvalue weighted by molar-refractivity contribution is 8.30. The Morgan fingerprint density at radius 1 is 1.21 bits per heavy atom. The second kappa shape index (κ2) is 9.11. The third kappa shape index (κ3) is 4.28. The summed E-state index contributed by atoms with van der Waals surface area (Å²) in [6.07, 6.45) is 1.94. The molecule has 1 aromatic carbocycles. The predicted octanol–water partition coefficient (Wildman–Crippen LogP) is 2.24. The Balaban J connectivity index is 1.99. The molecule has 12 heteroatoms. The number of carbonyl (C=O) groups excluding carboxylic acids is 1. The van der Waals surface area contributed by atoms with E-state index in [0.29, 0.717) is 9.60 Å². The zero-order chi connectivity index (χ0) is 24.0. The van der Waals surface area contributed by atoms with Crippen molar-refractivity contribution in [2.45, 2.75) is 25.3 Å². The van der Waals surface area contributed by atoms with Gasteiger partial charge < -0.3 is 10.0 Å². The van der Waals surface area contributed by atoms with Crippen molar-refractivity contribution in [2.75, 3.05) is 11.9 Å². The first kappa shape index (κ1) is 23.8. The normalized spacial score (nSPS) is 19.7. The van der Waals surface area contributed by atoms with Gasteiger partial charge in [0, 0.05) is 11.9 Å². The van der Waals surface area contributed by atoms with Gasteiger partial charge in [-0.05, 0) is 53.7 Å². The topological polar surface area (TPSA) is 103 Å². The van der Waals surface area contributed by atoms with Gasteiger partial charge in [-0.1, -0.05) is 37.7 Å². The van der Waals surface area contributed by atoms with E-state index in [1.807, 2.05) is 56.1 Å². The molecule has 0 radical (unpaired) electrons. The minimum atomic E-state index is -1.21. The number of benzene rings is 1. The molecule has 0 saturated carbocycles. The van der Waals surface area contributed by atoms with Crippen molar-refractivity contribution in [1.82, 2.24) is 9.63 Å². The molecule has 2 aliphatic heterocycles. The number of carbonyl (C=O) groups is 2. The molecule has 0 unspecified atom stereocenters. The van der Waals surface area contributed by atoms with E-state index in [9.17, 15) is 24.7 Å². The van der Waals surface area contributed by atoms with E-state index in [1.54, 1.807) is 11.8 Å². The van der Waals surface area contributed by atoms with Crippen molar-refractivity contribution < 1.29 is 19.9 Å². The summed E-state index contributed by atoms with van der Waals surface area (Å²) in [5, 5.41) is 20.5. The number of aromatic nitrogens is 1. The van der Waals surface area contributed by atoms with Crippen LogP contribution in [0.15, 0.2) is 45.1 Å². The van der Waals surface area contributed by atoms with Gasteiger partial charge in [0.2, 0.25) is 0 Å². The summed E-state index contributed by atoms with van der Waals surface area (Å²) in [7, 11) is 1.95. The van der Waals surface area contributed by atoms with Crippen molar-refractivity contribution in [3.8, 4) is 0 Å². The molecule has 1 saturated heterocycles. The maximum absolute atomic E-state index is 13.4. The van der Waals surface area contributed by atoms with Crippen LogP contribution in [0.1, 0.15) is 13.8 Å². The summed E-state index contributed by atoms with van der Waals surface area (Å²) in [5.74, 6) is -2.05. The Bertz CT molecular complexity index is 1410. The fourth-order valence-electron chi connectivity index (χ4n) is 3.40. The molecule has 8 nitrogen and oxygen atoms in total. The average Bonchev–Trinajstić information content (AvgIpc) is 3.34. The second-order valence-corrected chi connectivity index (χ2v) is 11.3. The number of rotatable bonds is 4. The van der Waals surface area contributed by atoms with Gasteiger partial charge in [-0.3, -0.25) is 24.2 Å². The predicted molar refractivity (Wildman–Crippen MR) is 135 cm³/mol. The lowest BCUT2D eigenvalue weighted by Crippen LogP contribution is -2.36. The molecule has 2 N–H and O–H groups in total. The number of thioether (sulfide) groups is 2. The molecule has 4 rings (SSSR count). The van der Waals surface area contributed by atoms with Crippen LogP contribution in [0.5, 0.6) is 0 Å². The Morgan fingerprint density at radius 3 is 2.48 bits per heavy atom. The maximum Gasteiger partial charge on any atom is 0.323 e. The van der Waals surface area contributed by atoms with Crippen molar-refractivity contribution in [1.29, 1.82) is 0 Å². The van der Waals surface area contributed by atoms with E-state index in [2.05, 4.69) is 0 Å². The van der Waals surface area contributed by atoms with Gasteiger partial charge in [-0.15, -0.1) is 11.3 Å². The molecule has 1 amide bonds. The summed E-state index contributed by atoms with van der Waals surface area (Å²) in [6, 6.07) is 7.97. The van der Waals surface area contributed by atoms with E-state index < -0.39 is 24.0 Å². The number of para-hydroxylation sites is 1. The van der Waals surface area contributed by atoms with E-state index in [4.69, 9.17) is 12.2 Å². The average molecular weight is 522 g/mol. The first-order chi connectivity index (χ1) is 15.6. The van der Waals surface area contributed by atoms with Gasteiger partial charge in [0.05, 0.1) is 15.2 Å². The minimum Gasteiger partial charge on any atom is -0.480 e. The highest BCUT2D eigenvalue weighted by atomic mass is 32.2. The fourth-order valence-corrected chi connectivity index (χ4v) is 7.04. The van der Waals surface area contributed by atoms with Crippen LogP contribution in [0.4, 0.5) is 5.69 Å². The molecule has 0 aliphatic carbocycles. The number of aliphatic carboxylic acids is 1. The fraction of sp³-hybridized carbons (Fsp3) is 0.238. The van der Waals surface area contributed by atoms with Crippen LogP contribution in [0.3, 0.4) is 0 Å². The van der Waals surface area contributed by atoms with Gasteiger partial charge >= 0.3 is 5.97 Å². The lowest BCUT2D eigenvalue weighted by Gasteiger charge is -2.15. The molecule has 0 bridgehead atoms. The number of hydrogen-bond acceptors (Lipinski definition) is 9. The summed E-state index contributed by atoms with van der Waals surface area (Å²) in [4.78, 5) is 40.5. The Hall–Kier alpha value is -2.38. The quantitative estimate of drug-likeness (QED) is 0.463.